The normalized spacial score (nSPS) is 10.3. The molecule has 21 heavy (non-hydrogen) atoms. The van der Waals surface area contributed by atoms with Crippen molar-refractivity contribution in [3.8, 4) is 27.6 Å². The first-order chi connectivity index (χ1) is 10.2. The fourth-order valence-corrected chi connectivity index (χ4v) is 3.31. The van der Waals surface area contributed by atoms with E-state index in [2.05, 4.69) is 11.1 Å². The molecule has 1 aromatic carbocycles. The minimum absolute atomic E-state index is 0.415. The quantitative estimate of drug-likeness (QED) is 0.783. The van der Waals surface area contributed by atoms with Gasteiger partial charge in [0, 0.05) is 16.0 Å². The zero-order chi connectivity index (χ0) is 14.8. The molecule has 0 radical (unpaired) electrons. The van der Waals surface area contributed by atoms with Crippen LogP contribution in [0.2, 0.25) is 0 Å². The number of nitrogens with one attached hydrogen (secondary N) is 1. The van der Waals surface area contributed by atoms with Gasteiger partial charge in [0.05, 0.1) is 0 Å². The standard InChI is InChI=1S/C17H13N3S/c1-11-15(12-6-3-2-4-7-12)16(14-8-5-9-21-14)13(10-18)17(19)20-11/h2-9H,1H3,(H2,19,20)/p+1. The molecule has 3 nitrogen and oxygen atoms in total. The number of nitrogens with zero attached hydrogens (tertiary/aromatic N) is 1. The van der Waals surface area contributed by atoms with Gasteiger partial charge >= 0.3 is 0 Å². The topological polar surface area (TPSA) is 63.9 Å². The lowest BCUT2D eigenvalue weighted by atomic mass is 9.94. The van der Waals surface area contributed by atoms with Crippen LogP contribution < -0.4 is 10.7 Å². The third-order valence-corrected chi connectivity index (χ3v) is 4.30. The largest absolute Gasteiger partial charge is 0.289 e. The molecule has 0 fully saturated rings. The number of hydrogen-bond acceptors (Lipinski definition) is 3. The molecule has 0 saturated heterocycles. The second kappa shape index (κ2) is 5.39. The lowest BCUT2D eigenvalue weighted by molar-refractivity contribution is -0.369. The number of thiophene rings is 1. The van der Waals surface area contributed by atoms with Crippen LogP contribution in [0, 0.1) is 18.3 Å². The molecule has 2 aromatic heterocycles. The van der Waals surface area contributed by atoms with Gasteiger partial charge in [-0.15, -0.1) is 11.3 Å². The Morgan fingerprint density at radius 1 is 1.10 bits per heavy atom. The van der Waals surface area contributed by atoms with Gasteiger partial charge in [-0.25, -0.2) is 4.98 Å². The Hall–Kier alpha value is -2.64. The lowest BCUT2D eigenvalue weighted by Gasteiger charge is -2.12. The highest BCUT2D eigenvalue weighted by Gasteiger charge is 2.22. The van der Waals surface area contributed by atoms with Gasteiger partial charge in [0.15, 0.2) is 0 Å². The summed E-state index contributed by atoms with van der Waals surface area (Å²) in [4.78, 5) is 4.17. The highest BCUT2D eigenvalue weighted by Crippen LogP contribution is 2.39. The Bertz CT molecular complexity index is 815. The van der Waals surface area contributed by atoms with Gasteiger partial charge in [0.1, 0.15) is 17.3 Å². The predicted molar refractivity (Wildman–Crippen MR) is 85.6 cm³/mol. The molecule has 0 bridgehead atoms. The fourth-order valence-electron chi connectivity index (χ4n) is 2.52. The van der Waals surface area contributed by atoms with Gasteiger partial charge in [0.2, 0.25) is 0 Å². The maximum absolute atomic E-state index is 9.51. The number of nitrogen functional groups attached to an aromatic ring is 1. The van der Waals surface area contributed by atoms with Crippen molar-refractivity contribution < 1.29 is 4.98 Å². The second-order valence-corrected chi connectivity index (χ2v) is 5.69. The molecule has 0 saturated carbocycles. The first-order valence-electron chi connectivity index (χ1n) is 6.57. The number of aromatic nitrogens is 1. The summed E-state index contributed by atoms with van der Waals surface area (Å²) in [5.41, 5.74) is 10.5. The number of aromatic amines is 1. The van der Waals surface area contributed by atoms with E-state index in [0.717, 1.165) is 27.3 Å². The maximum atomic E-state index is 9.51. The summed E-state index contributed by atoms with van der Waals surface area (Å²) in [5.74, 6) is 0.415. The van der Waals surface area contributed by atoms with Gasteiger partial charge in [-0.2, -0.15) is 5.26 Å². The summed E-state index contributed by atoms with van der Waals surface area (Å²) in [6, 6.07) is 16.3. The van der Waals surface area contributed by atoms with Gasteiger partial charge in [-0.05, 0) is 23.9 Å². The number of pyridine rings is 1. The van der Waals surface area contributed by atoms with Gasteiger partial charge in [0.25, 0.3) is 5.82 Å². The van der Waals surface area contributed by atoms with Crippen LogP contribution in [0.3, 0.4) is 0 Å². The van der Waals surface area contributed by atoms with Crippen LogP contribution >= 0.6 is 11.3 Å². The number of aryl methyl sites for hydroxylation is 1. The first-order valence-corrected chi connectivity index (χ1v) is 7.45. The Morgan fingerprint density at radius 2 is 1.86 bits per heavy atom. The van der Waals surface area contributed by atoms with E-state index in [1.807, 2.05) is 54.8 Å². The van der Waals surface area contributed by atoms with E-state index in [1.165, 1.54) is 0 Å². The van der Waals surface area contributed by atoms with E-state index in [4.69, 9.17) is 5.73 Å². The van der Waals surface area contributed by atoms with Crippen LogP contribution in [-0.4, -0.2) is 0 Å². The number of H-pyrrole nitrogens is 1. The van der Waals surface area contributed by atoms with E-state index in [0.29, 0.717) is 11.4 Å². The molecule has 2 heterocycles. The predicted octanol–water partition coefficient (Wildman–Crippen LogP) is 3.66. The van der Waals surface area contributed by atoms with Crippen molar-refractivity contribution in [3.63, 3.8) is 0 Å². The molecule has 0 amide bonds. The van der Waals surface area contributed by atoms with Crippen LogP contribution in [0.25, 0.3) is 21.6 Å². The summed E-state index contributed by atoms with van der Waals surface area (Å²) < 4.78 is 0. The lowest BCUT2D eigenvalue weighted by Crippen LogP contribution is -2.18. The molecule has 3 rings (SSSR count). The average molecular weight is 292 g/mol. The minimum Gasteiger partial charge on any atom is -0.286 e. The van der Waals surface area contributed by atoms with Crippen molar-refractivity contribution in [1.29, 1.82) is 5.26 Å². The first kappa shape index (κ1) is 13.3. The third-order valence-electron chi connectivity index (χ3n) is 3.41. The second-order valence-electron chi connectivity index (χ2n) is 4.74. The van der Waals surface area contributed by atoms with Crippen LogP contribution in [0.4, 0.5) is 5.82 Å². The van der Waals surface area contributed by atoms with E-state index < -0.39 is 0 Å². The van der Waals surface area contributed by atoms with Crippen molar-refractivity contribution in [3.05, 3.63) is 59.1 Å². The molecule has 102 valence electrons. The summed E-state index contributed by atoms with van der Waals surface area (Å²) in [5, 5.41) is 11.5. The van der Waals surface area contributed by atoms with E-state index in [-0.39, 0.29) is 0 Å². The van der Waals surface area contributed by atoms with Gasteiger partial charge < -0.3 is 0 Å². The van der Waals surface area contributed by atoms with Crippen LogP contribution in [0.1, 0.15) is 11.3 Å². The highest BCUT2D eigenvalue weighted by atomic mass is 32.1. The molecule has 0 unspecified atom stereocenters. The number of hydrogen-bond donors (Lipinski definition) is 1. The molecular formula is C17H14N3S+. The van der Waals surface area contributed by atoms with E-state index >= 15 is 0 Å². The third kappa shape index (κ3) is 2.28. The van der Waals surface area contributed by atoms with Crippen LogP contribution in [-0.2, 0) is 0 Å². The maximum Gasteiger partial charge on any atom is 0.289 e. The van der Waals surface area contributed by atoms with Crippen molar-refractivity contribution in [2.24, 2.45) is 0 Å². The Kier molecular flexibility index (Phi) is 3.43. The Labute approximate surface area is 127 Å². The molecular weight excluding hydrogens is 278 g/mol. The summed E-state index contributed by atoms with van der Waals surface area (Å²) >= 11 is 1.61. The molecule has 4 heteroatoms. The number of nitrogens with two attached hydrogens (primary N) is 1. The number of nitriles is 1. The summed E-state index contributed by atoms with van der Waals surface area (Å²) in [6.45, 7) is 1.98. The van der Waals surface area contributed by atoms with Crippen LogP contribution in [0.15, 0.2) is 47.8 Å². The van der Waals surface area contributed by atoms with Gasteiger partial charge in [-0.3, -0.25) is 5.73 Å². The highest BCUT2D eigenvalue weighted by molar-refractivity contribution is 7.13. The zero-order valence-corrected chi connectivity index (χ0v) is 12.4. The Balaban J connectivity index is 2.42. The molecule has 3 N–H and O–H groups in total. The van der Waals surface area contributed by atoms with E-state index in [9.17, 15) is 5.26 Å². The van der Waals surface area contributed by atoms with E-state index in [1.54, 1.807) is 11.3 Å². The van der Waals surface area contributed by atoms with Crippen molar-refractivity contribution in [1.82, 2.24) is 0 Å². The molecule has 0 aliphatic rings. The SMILES string of the molecule is Cc1[nH+]c(N)c(C#N)c(-c2cccs2)c1-c1ccccc1. The Morgan fingerprint density at radius 3 is 2.48 bits per heavy atom. The number of benzene rings is 1. The fraction of sp³-hybridized carbons (Fsp3) is 0.0588. The molecule has 0 aliphatic carbocycles. The minimum atomic E-state index is 0.415. The average Bonchev–Trinajstić information content (AvgIpc) is 3.01. The smallest absolute Gasteiger partial charge is 0.286 e. The van der Waals surface area contributed by atoms with Gasteiger partial charge in [-0.1, -0.05) is 36.4 Å². The van der Waals surface area contributed by atoms with Crippen molar-refractivity contribution in [2.75, 3.05) is 5.73 Å². The monoisotopic (exact) mass is 292 g/mol. The van der Waals surface area contributed by atoms with Crippen molar-refractivity contribution in [2.45, 2.75) is 6.92 Å². The molecule has 3 aromatic rings. The zero-order valence-electron chi connectivity index (χ0n) is 11.6. The summed E-state index contributed by atoms with van der Waals surface area (Å²) in [6.07, 6.45) is 0. The number of rotatable bonds is 2. The number of anilines is 1. The molecule has 0 atom stereocenters. The molecule has 0 spiro atoms. The van der Waals surface area contributed by atoms with Crippen molar-refractivity contribution >= 4 is 17.2 Å². The van der Waals surface area contributed by atoms with Crippen LogP contribution in [0.5, 0.6) is 0 Å². The molecule has 0 aliphatic heterocycles. The summed E-state index contributed by atoms with van der Waals surface area (Å²) in [7, 11) is 0.